The number of aromatic nitrogens is 2. The lowest BCUT2D eigenvalue weighted by molar-refractivity contribution is -0.116. The van der Waals surface area contributed by atoms with Crippen LogP contribution in [0.25, 0.3) is 20.8 Å². The van der Waals surface area contributed by atoms with Gasteiger partial charge in [-0.25, -0.2) is 4.98 Å². The van der Waals surface area contributed by atoms with Gasteiger partial charge < -0.3 is 15.5 Å². The molecule has 9 heteroatoms. The normalized spacial score (nSPS) is 14.0. The molecule has 7 nitrogen and oxygen atoms in total. The molecule has 0 aliphatic carbocycles. The Labute approximate surface area is 193 Å². The second-order valence-electron chi connectivity index (χ2n) is 7.90. The van der Waals surface area contributed by atoms with Gasteiger partial charge >= 0.3 is 0 Å². The first-order chi connectivity index (χ1) is 15.5. The van der Waals surface area contributed by atoms with Crippen molar-refractivity contribution in [2.24, 2.45) is 0 Å². The highest BCUT2D eigenvalue weighted by Gasteiger charge is 2.27. The number of aromatic hydroxyl groups is 2. The molecular weight excluding hydrogens is 444 g/mol. The van der Waals surface area contributed by atoms with Crippen molar-refractivity contribution < 1.29 is 15.0 Å². The van der Waals surface area contributed by atoms with Crippen molar-refractivity contribution in [2.45, 2.75) is 32.9 Å². The van der Waals surface area contributed by atoms with Gasteiger partial charge in [0.05, 0.1) is 10.2 Å². The summed E-state index contributed by atoms with van der Waals surface area (Å²) in [6, 6.07) is 10.8. The minimum absolute atomic E-state index is 0.148. The minimum Gasteiger partial charge on any atom is -0.494 e. The molecule has 32 heavy (non-hydrogen) atoms. The molecule has 1 amide bonds. The van der Waals surface area contributed by atoms with Crippen molar-refractivity contribution in [3.05, 3.63) is 46.8 Å². The number of nitrogens with zero attached hydrogens (tertiary/aromatic N) is 3. The van der Waals surface area contributed by atoms with Crippen LogP contribution in [0.15, 0.2) is 36.4 Å². The van der Waals surface area contributed by atoms with E-state index in [0.717, 1.165) is 58.3 Å². The van der Waals surface area contributed by atoms with Gasteiger partial charge in [0.15, 0.2) is 11.8 Å². The van der Waals surface area contributed by atoms with Crippen molar-refractivity contribution in [2.75, 3.05) is 18.4 Å². The van der Waals surface area contributed by atoms with Crippen LogP contribution < -0.4 is 5.32 Å². The number of nitrogens with one attached hydrogen (secondary N) is 1. The molecular formula is C23H24N4O3S2. The fourth-order valence-electron chi connectivity index (χ4n) is 4.18. The summed E-state index contributed by atoms with van der Waals surface area (Å²) in [5.74, 6) is -0.604. The molecule has 0 unspecified atom stereocenters. The van der Waals surface area contributed by atoms with Crippen molar-refractivity contribution in [1.82, 2.24) is 14.5 Å². The summed E-state index contributed by atoms with van der Waals surface area (Å²) in [5, 5.41) is 24.5. The van der Waals surface area contributed by atoms with Crippen LogP contribution >= 0.6 is 22.7 Å². The average Bonchev–Trinajstić information content (AvgIpc) is 3.44. The van der Waals surface area contributed by atoms with Gasteiger partial charge in [-0.15, -0.1) is 22.7 Å². The highest BCUT2D eigenvalue weighted by Crippen LogP contribution is 2.45. The SMILES string of the molecule is CCCN1CCc2c(sc(NC(=O)Cn3c(O)ccc3O)c2-c2nc3ccccc3s2)C1. The zero-order valence-corrected chi connectivity index (χ0v) is 19.3. The molecule has 0 spiro atoms. The number of fused-ring (bicyclic) bond motifs is 2. The molecule has 0 saturated carbocycles. The number of carbonyl (C=O) groups excluding carboxylic acids is 1. The van der Waals surface area contributed by atoms with E-state index >= 15 is 0 Å². The highest BCUT2D eigenvalue weighted by atomic mass is 32.1. The lowest BCUT2D eigenvalue weighted by Crippen LogP contribution is -2.30. The van der Waals surface area contributed by atoms with Gasteiger partial charge in [0, 0.05) is 35.7 Å². The van der Waals surface area contributed by atoms with Crippen LogP contribution in [0.2, 0.25) is 0 Å². The number of hydrogen-bond donors (Lipinski definition) is 3. The smallest absolute Gasteiger partial charge is 0.245 e. The molecule has 3 N–H and O–H groups in total. The molecule has 3 aromatic heterocycles. The predicted molar refractivity (Wildman–Crippen MR) is 129 cm³/mol. The van der Waals surface area contributed by atoms with E-state index in [2.05, 4.69) is 23.2 Å². The number of thiazole rings is 1. The Hall–Kier alpha value is -2.88. The van der Waals surface area contributed by atoms with E-state index in [1.165, 1.54) is 27.1 Å². The molecule has 166 valence electrons. The molecule has 0 atom stereocenters. The minimum atomic E-state index is -0.307. The lowest BCUT2D eigenvalue weighted by Gasteiger charge is -2.26. The first-order valence-electron chi connectivity index (χ1n) is 10.6. The molecule has 1 aliphatic heterocycles. The number of hydrogen-bond acceptors (Lipinski definition) is 7. The summed E-state index contributed by atoms with van der Waals surface area (Å²) in [5.41, 5.74) is 3.23. The third kappa shape index (κ3) is 3.87. The molecule has 0 saturated heterocycles. The molecule has 1 aromatic carbocycles. The fourth-order valence-corrected chi connectivity index (χ4v) is 6.59. The Morgan fingerprint density at radius 3 is 2.69 bits per heavy atom. The third-order valence-electron chi connectivity index (χ3n) is 5.67. The van der Waals surface area contributed by atoms with Crippen LogP contribution in [-0.2, 0) is 24.3 Å². The van der Waals surface area contributed by atoms with Crippen LogP contribution in [0, 0.1) is 0 Å². The van der Waals surface area contributed by atoms with Gasteiger partial charge in [-0.3, -0.25) is 14.3 Å². The van der Waals surface area contributed by atoms with Crippen LogP contribution in [0.3, 0.4) is 0 Å². The summed E-state index contributed by atoms with van der Waals surface area (Å²) >= 11 is 3.24. The molecule has 4 aromatic rings. The van der Waals surface area contributed by atoms with Crippen molar-refractivity contribution in [3.63, 3.8) is 0 Å². The Bertz CT molecular complexity index is 1240. The third-order valence-corrected chi connectivity index (χ3v) is 7.86. The van der Waals surface area contributed by atoms with Gasteiger partial charge in [0.25, 0.3) is 0 Å². The van der Waals surface area contributed by atoms with Crippen LogP contribution in [0.1, 0.15) is 23.8 Å². The molecule has 0 bridgehead atoms. The summed E-state index contributed by atoms with van der Waals surface area (Å²) in [6.45, 7) is 4.94. The molecule has 1 aliphatic rings. The molecule has 0 radical (unpaired) electrons. The maximum atomic E-state index is 12.8. The number of carbonyl (C=O) groups is 1. The standard InChI is InChI=1S/C23H24N4O3S2/c1-2-10-26-11-9-14-17(12-26)32-23(25-18(28)13-27-19(29)7-8-20(27)30)21(14)22-24-15-5-3-4-6-16(15)31-22/h3-8,29-30H,2,9-13H2,1H3,(H,25,28). The van der Waals surface area contributed by atoms with Crippen LogP contribution in [0.5, 0.6) is 11.8 Å². The van der Waals surface area contributed by atoms with Crippen molar-refractivity contribution >= 4 is 43.8 Å². The van der Waals surface area contributed by atoms with Gasteiger partial charge in [0.1, 0.15) is 16.6 Å². The Kier molecular flexibility index (Phi) is 5.62. The monoisotopic (exact) mass is 468 g/mol. The zero-order valence-electron chi connectivity index (χ0n) is 17.7. The number of benzene rings is 1. The second kappa shape index (κ2) is 8.57. The quantitative estimate of drug-likeness (QED) is 0.383. The highest BCUT2D eigenvalue weighted by molar-refractivity contribution is 7.22. The van der Waals surface area contributed by atoms with E-state index in [-0.39, 0.29) is 24.2 Å². The Balaban J connectivity index is 1.51. The Morgan fingerprint density at radius 1 is 1.16 bits per heavy atom. The maximum Gasteiger partial charge on any atom is 0.245 e. The van der Waals surface area contributed by atoms with Crippen LogP contribution in [0.4, 0.5) is 5.00 Å². The summed E-state index contributed by atoms with van der Waals surface area (Å²) < 4.78 is 2.29. The van der Waals surface area contributed by atoms with Crippen molar-refractivity contribution in [3.8, 4) is 22.3 Å². The van der Waals surface area contributed by atoms with E-state index in [9.17, 15) is 15.0 Å². The van der Waals surface area contributed by atoms with E-state index in [0.29, 0.717) is 0 Å². The summed E-state index contributed by atoms with van der Waals surface area (Å²) in [7, 11) is 0. The van der Waals surface area contributed by atoms with Crippen molar-refractivity contribution in [1.29, 1.82) is 0 Å². The maximum absolute atomic E-state index is 12.8. The Morgan fingerprint density at radius 2 is 1.94 bits per heavy atom. The predicted octanol–water partition coefficient (Wildman–Crippen LogP) is 4.64. The lowest BCUT2D eigenvalue weighted by atomic mass is 10.0. The number of amides is 1. The fraction of sp³-hybridized carbons (Fsp3) is 0.304. The first-order valence-corrected chi connectivity index (χ1v) is 12.3. The topological polar surface area (TPSA) is 90.6 Å². The molecule has 0 fully saturated rings. The van der Waals surface area contributed by atoms with E-state index in [1.807, 2.05) is 18.2 Å². The van der Waals surface area contributed by atoms with E-state index < -0.39 is 0 Å². The summed E-state index contributed by atoms with van der Waals surface area (Å²) in [6.07, 6.45) is 2.03. The number of para-hydroxylation sites is 1. The summed E-state index contributed by atoms with van der Waals surface area (Å²) in [4.78, 5) is 21.4. The zero-order chi connectivity index (χ0) is 22.2. The number of anilines is 1. The first kappa shape index (κ1) is 21.0. The number of rotatable bonds is 6. The van der Waals surface area contributed by atoms with E-state index in [1.54, 1.807) is 22.7 Å². The largest absolute Gasteiger partial charge is 0.494 e. The van der Waals surface area contributed by atoms with Gasteiger partial charge in [0.2, 0.25) is 5.91 Å². The average molecular weight is 469 g/mol. The molecule has 5 rings (SSSR count). The van der Waals surface area contributed by atoms with E-state index in [4.69, 9.17) is 4.98 Å². The number of thiophene rings is 1. The molecule has 4 heterocycles. The van der Waals surface area contributed by atoms with Gasteiger partial charge in [-0.1, -0.05) is 19.1 Å². The van der Waals surface area contributed by atoms with Crippen LogP contribution in [-0.4, -0.2) is 43.7 Å². The second-order valence-corrected chi connectivity index (χ2v) is 10.0. The van der Waals surface area contributed by atoms with Gasteiger partial charge in [-0.05, 0) is 37.1 Å². The van der Waals surface area contributed by atoms with Gasteiger partial charge in [-0.2, -0.15) is 0 Å².